The third kappa shape index (κ3) is 4.48. The highest BCUT2D eigenvalue weighted by Crippen LogP contribution is 2.17. The smallest absolute Gasteiger partial charge is 0.160 e. The SMILES string of the molecule is CC(=O)c1cccc(C/C=N\[S@+]([O-])C(C)(C)C)c1C. The molecule has 0 heterocycles. The van der Waals surface area contributed by atoms with Crippen LogP contribution in [-0.2, 0) is 17.8 Å². The molecule has 0 aliphatic carbocycles. The third-order valence-electron chi connectivity index (χ3n) is 2.83. The van der Waals surface area contributed by atoms with Crippen LogP contribution in [0.4, 0.5) is 0 Å². The molecule has 0 N–H and O–H groups in total. The van der Waals surface area contributed by atoms with Crippen LogP contribution < -0.4 is 0 Å². The molecule has 4 heteroatoms. The first-order valence-electron chi connectivity index (χ1n) is 6.27. The van der Waals surface area contributed by atoms with Gasteiger partial charge in [-0.1, -0.05) is 22.6 Å². The van der Waals surface area contributed by atoms with E-state index in [1.807, 2.05) is 45.9 Å². The van der Waals surface area contributed by atoms with E-state index < -0.39 is 11.4 Å². The van der Waals surface area contributed by atoms with Crippen molar-refractivity contribution in [1.29, 1.82) is 0 Å². The van der Waals surface area contributed by atoms with Gasteiger partial charge in [0, 0.05) is 12.0 Å². The van der Waals surface area contributed by atoms with Crippen LogP contribution in [0.15, 0.2) is 22.6 Å². The Morgan fingerprint density at radius 2 is 2.05 bits per heavy atom. The van der Waals surface area contributed by atoms with Gasteiger partial charge in [-0.15, -0.1) is 0 Å². The first kappa shape index (κ1) is 15.9. The second kappa shape index (κ2) is 6.35. The lowest BCUT2D eigenvalue weighted by Gasteiger charge is -2.17. The summed E-state index contributed by atoms with van der Waals surface area (Å²) in [5, 5.41) is 0. The fraction of sp³-hybridized carbons (Fsp3) is 0.467. The van der Waals surface area contributed by atoms with Crippen LogP contribution in [0.25, 0.3) is 0 Å². The summed E-state index contributed by atoms with van der Waals surface area (Å²) >= 11 is -1.23. The van der Waals surface area contributed by atoms with Gasteiger partial charge in [-0.2, -0.15) is 0 Å². The minimum atomic E-state index is -1.23. The van der Waals surface area contributed by atoms with Gasteiger partial charge in [0.2, 0.25) is 0 Å². The monoisotopic (exact) mass is 279 g/mol. The predicted octanol–water partition coefficient (Wildman–Crippen LogP) is 3.27. The molecular weight excluding hydrogens is 258 g/mol. The maximum absolute atomic E-state index is 11.8. The van der Waals surface area contributed by atoms with Crippen molar-refractivity contribution in [3.63, 3.8) is 0 Å². The summed E-state index contributed by atoms with van der Waals surface area (Å²) in [4.78, 5) is 11.4. The Balaban J connectivity index is 2.82. The first-order valence-corrected chi connectivity index (χ1v) is 7.38. The second-order valence-corrected chi connectivity index (χ2v) is 7.43. The molecule has 0 spiro atoms. The molecule has 0 aliphatic rings. The lowest BCUT2D eigenvalue weighted by atomic mass is 9.98. The van der Waals surface area contributed by atoms with Gasteiger partial charge in [0.15, 0.2) is 5.78 Å². The number of carbonyl (C=O) groups is 1. The number of hydrogen-bond acceptors (Lipinski definition) is 3. The number of carbonyl (C=O) groups excluding carboxylic acids is 1. The minimum absolute atomic E-state index is 0.0644. The van der Waals surface area contributed by atoms with Gasteiger partial charge in [-0.3, -0.25) is 4.79 Å². The van der Waals surface area contributed by atoms with Gasteiger partial charge in [0.05, 0.1) is 6.21 Å². The van der Waals surface area contributed by atoms with E-state index in [4.69, 9.17) is 0 Å². The predicted molar refractivity (Wildman–Crippen MR) is 81.3 cm³/mol. The number of nitrogens with zero attached hydrogens (tertiary/aromatic N) is 1. The van der Waals surface area contributed by atoms with Crippen molar-refractivity contribution in [1.82, 2.24) is 0 Å². The zero-order chi connectivity index (χ0) is 14.6. The molecule has 1 aromatic rings. The molecule has 0 unspecified atom stereocenters. The summed E-state index contributed by atoms with van der Waals surface area (Å²) in [7, 11) is 0. The number of ketones is 1. The van der Waals surface area contributed by atoms with Gasteiger partial charge < -0.3 is 4.55 Å². The van der Waals surface area contributed by atoms with E-state index in [1.54, 1.807) is 13.1 Å². The lowest BCUT2D eigenvalue weighted by molar-refractivity contribution is 0.101. The fourth-order valence-electron chi connectivity index (χ4n) is 1.65. The van der Waals surface area contributed by atoms with Crippen molar-refractivity contribution >= 4 is 23.4 Å². The molecule has 1 rings (SSSR count). The quantitative estimate of drug-likeness (QED) is 0.482. The molecular formula is C15H21NO2S. The van der Waals surface area contributed by atoms with Gasteiger partial charge in [-0.25, -0.2) is 0 Å². The van der Waals surface area contributed by atoms with E-state index in [-0.39, 0.29) is 10.5 Å². The lowest BCUT2D eigenvalue weighted by Crippen LogP contribution is -2.25. The molecule has 0 radical (unpaired) electrons. The maximum atomic E-state index is 11.8. The van der Waals surface area contributed by atoms with Crippen LogP contribution in [0.1, 0.15) is 49.2 Å². The van der Waals surface area contributed by atoms with E-state index in [0.29, 0.717) is 6.42 Å². The van der Waals surface area contributed by atoms with E-state index in [2.05, 4.69) is 4.40 Å². The van der Waals surface area contributed by atoms with E-state index >= 15 is 0 Å². The Hall–Kier alpha value is -1.13. The Morgan fingerprint density at radius 3 is 2.58 bits per heavy atom. The van der Waals surface area contributed by atoms with Crippen LogP contribution in [-0.4, -0.2) is 21.3 Å². The highest BCUT2D eigenvalue weighted by Gasteiger charge is 2.25. The zero-order valence-corrected chi connectivity index (χ0v) is 13.0. The molecule has 0 aliphatic heterocycles. The van der Waals surface area contributed by atoms with Gasteiger partial charge in [0.1, 0.15) is 16.1 Å². The Kier molecular flexibility index (Phi) is 5.32. The van der Waals surface area contributed by atoms with Crippen molar-refractivity contribution in [3.05, 3.63) is 34.9 Å². The fourth-order valence-corrected chi connectivity index (χ4v) is 2.17. The molecule has 0 saturated carbocycles. The normalized spacial score (nSPS) is 13.8. The van der Waals surface area contributed by atoms with Crippen molar-refractivity contribution < 1.29 is 9.35 Å². The van der Waals surface area contributed by atoms with Crippen LogP contribution in [0.5, 0.6) is 0 Å². The molecule has 3 nitrogen and oxygen atoms in total. The number of hydrogen-bond donors (Lipinski definition) is 0. The molecule has 0 amide bonds. The summed E-state index contributed by atoms with van der Waals surface area (Å²) in [6, 6.07) is 5.66. The number of Topliss-reactive ketones (excluding diaryl/α,β-unsaturated/α-hetero) is 1. The molecule has 0 bridgehead atoms. The Morgan fingerprint density at radius 1 is 1.42 bits per heavy atom. The molecule has 0 fully saturated rings. The third-order valence-corrected chi connectivity index (χ3v) is 4.22. The maximum Gasteiger partial charge on any atom is 0.160 e. The van der Waals surface area contributed by atoms with Crippen LogP contribution in [0.2, 0.25) is 0 Å². The largest absolute Gasteiger partial charge is 0.591 e. The molecule has 0 saturated heterocycles. The van der Waals surface area contributed by atoms with E-state index in [1.165, 1.54) is 0 Å². The molecule has 0 aromatic heterocycles. The second-order valence-electron chi connectivity index (χ2n) is 5.50. The molecule has 1 aromatic carbocycles. The molecule has 104 valence electrons. The Bertz CT molecular complexity index is 489. The summed E-state index contributed by atoms with van der Waals surface area (Å²) in [5.41, 5.74) is 2.76. The van der Waals surface area contributed by atoms with Crippen molar-refractivity contribution in [2.24, 2.45) is 4.40 Å². The average molecular weight is 279 g/mol. The first-order chi connectivity index (χ1) is 8.73. The average Bonchev–Trinajstić information content (AvgIpc) is 2.29. The van der Waals surface area contributed by atoms with Crippen molar-refractivity contribution in [2.45, 2.75) is 45.8 Å². The topological polar surface area (TPSA) is 52.5 Å². The van der Waals surface area contributed by atoms with Crippen LogP contribution in [0, 0.1) is 6.92 Å². The summed E-state index contributed by atoms with van der Waals surface area (Å²) in [6.07, 6.45) is 2.27. The Labute approximate surface area is 118 Å². The van der Waals surface area contributed by atoms with Crippen LogP contribution >= 0.6 is 0 Å². The van der Waals surface area contributed by atoms with E-state index in [9.17, 15) is 9.35 Å². The zero-order valence-electron chi connectivity index (χ0n) is 12.2. The molecule has 19 heavy (non-hydrogen) atoms. The standard InChI is InChI=1S/C15H21NO2S/c1-11-13(7-6-8-14(11)12(2)17)9-10-16-19(18)15(3,4)5/h6-8,10H,9H2,1-5H3/b16-10-/t19-/m1/s1. The number of benzene rings is 1. The van der Waals surface area contributed by atoms with Gasteiger partial charge >= 0.3 is 0 Å². The van der Waals surface area contributed by atoms with Crippen LogP contribution in [0.3, 0.4) is 0 Å². The van der Waals surface area contributed by atoms with Gasteiger partial charge in [0.25, 0.3) is 0 Å². The van der Waals surface area contributed by atoms with Crippen molar-refractivity contribution in [3.8, 4) is 0 Å². The van der Waals surface area contributed by atoms with Gasteiger partial charge in [-0.05, 0) is 45.7 Å². The highest BCUT2D eigenvalue weighted by molar-refractivity contribution is 7.91. The summed E-state index contributed by atoms with van der Waals surface area (Å²) in [5.74, 6) is 0.0644. The summed E-state index contributed by atoms with van der Waals surface area (Å²) in [6.45, 7) is 9.17. The minimum Gasteiger partial charge on any atom is -0.591 e. The highest BCUT2D eigenvalue weighted by atomic mass is 32.2. The summed E-state index contributed by atoms with van der Waals surface area (Å²) < 4.78 is 15.5. The van der Waals surface area contributed by atoms with E-state index in [0.717, 1.165) is 16.7 Å². The molecule has 1 atom stereocenters. The number of rotatable bonds is 4. The van der Waals surface area contributed by atoms with Crippen molar-refractivity contribution in [2.75, 3.05) is 0 Å².